The number of ether oxygens (including phenoxy) is 1. The summed E-state index contributed by atoms with van der Waals surface area (Å²) in [6.45, 7) is -0.531. The minimum atomic E-state index is -4.23. The Morgan fingerprint density at radius 2 is 1.96 bits per heavy atom. The summed E-state index contributed by atoms with van der Waals surface area (Å²) in [5.74, 6) is -0.0407. The fraction of sp³-hybridized carbons (Fsp3) is 0.389. The molecule has 1 heterocycles. The van der Waals surface area contributed by atoms with Crippen LogP contribution < -0.4 is 10.1 Å². The number of halogens is 4. The highest BCUT2D eigenvalue weighted by atomic mass is 35.5. The van der Waals surface area contributed by atoms with Gasteiger partial charge in [0.15, 0.2) is 0 Å². The van der Waals surface area contributed by atoms with Crippen LogP contribution in [0.3, 0.4) is 0 Å². The Kier molecular flexibility index (Phi) is 7.15. The molecule has 0 atom stereocenters. The second-order valence-electron chi connectivity index (χ2n) is 6.06. The molecule has 148 valence electrons. The number of nitrogens with one attached hydrogen (secondary N) is 1. The molecule has 0 unspecified atom stereocenters. The van der Waals surface area contributed by atoms with Crippen LogP contribution >= 0.6 is 11.6 Å². The zero-order valence-electron chi connectivity index (χ0n) is 15.0. The lowest BCUT2D eigenvalue weighted by Crippen LogP contribution is -2.33. The Morgan fingerprint density at radius 1 is 1.30 bits per heavy atom. The van der Waals surface area contributed by atoms with Crippen molar-refractivity contribution >= 4 is 17.5 Å². The van der Waals surface area contributed by atoms with Gasteiger partial charge in [0.1, 0.15) is 5.75 Å². The second kappa shape index (κ2) is 9.14. The number of rotatable bonds is 8. The van der Waals surface area contributed by atoms with Gasteiger partial charge in [-0.3, -0.25) is 9.69 Å². The first-order chi connectivity index (χ1) is 12.7. The van der Waals surface area contributed by atoms with Crippen molar-refractivity contribution in [1.29, 1.82) is 0 Å². The van der Waals surface area contributed by atoms with Gasteiger partial charge in [0.2, 0.25) is 0 Å². The predicted molar refractivity (Wildman–Crippen MR) is 97.8 cm³/mol. The summed E-state index contributed by atoms with van der Waals surface area (Å²) in [6.07, 6.45) is -0.213. The number of aromatic nitrogens is 1. The number of alkyl halides is 3. The molecule has 0 fully saturated rings. The van der Waals surface area contributed by atoms with Crippen molar-refractivity contribution in [2.45, 2.75) is 12.6 Å². The molecule has 1 amide bonds. The lowest BCUT2D eigenvalue weighted by molar-refractivity contribution is -0.143. The topological polar surface area (TPSA) is 46.5 Å². The maximum atomic E-state index is 12.4. The number of amides is 1. The Morgan fingerprint density at radius 3 is 2.56 bits per heavy atom. The fourth-order valence-corrected chi connectivity index (χ4v) is 2.87. The molecule has 0 bridgehead atoms. The third kappa shape index (κ3) is 6.18. The molecule has 2 rings (SSSR count). The van der Waals surface area contributed by atoms with Crippen LogP contribution in [-0.2, 0) is 0 Å². The van der Waals surface area contributed by atoms with Gasteiger partial charge in [-0.2, -0.15) is 13.2 Å². The Hall–Kier alpha value is -2.19. The second-order valence-corrected chi connectivity index (χ2v) is 6.46. The summed E-state index contributed by atoms with van der Waals surface area (Å²) in [6, 6.07) is 6.87. The molecule has 0 saturated carbocycles. The lowest BCUT2D eigenvalue weighted by atomic mass is 10.1. The summed E-state index contributed by atoms with van der Waals surface area (Å²) < 4.78 is 43.9. The smallest absolute Gasteiger partial charge is 0.401 e. The van der Waals surface area contributed by atoms with Gasteiger partial charge in [-0.25, -0.2) is 0 Å². The highest BCUT2D eigenvalue weighted by Gasteiger charge is 2.28. The van der Waals surface area contributed by atoms with Crippen molar-refractivity contribution in [2.24, 2.45) is 0 Å². The fourth-order valence-electron chi connectivity index (χ4n) is 2.61. The Balaban J connectivity index is 1.97. The number of carbonyl (C=O) groups excluding carboxylic acids is 1. The molecule has 27 heavy (non-hydrogen) atoms. The molecule has 0 aliphatic rings. The monoisotopic (exact) mass is 403 g/mol. The van der Waals surface area contributed by atoms with E-state index >= 15 is 0 Å². The van der Waals surface area contributed by atoms with Crippen LogP contribution in [0.5, 0.6) is 5.75 Å². The molecule has 0 spiro atoms. The Bertz CT molecular complexity index is 764. The minimum Gasteiger partial charge on any atom is -0.496 e. The van der Waals surface area contributed by atoms with E-state index in [9.17, 15) is 18.0 Å². The van der Waals surface area contributed by atoms with Crippen molar-refractivity contribution in [3.8, 4) is 11.4 Å². The highest BCUT2D eigenvalue weighted by molar-refractivity contribution is 6.33. The van der Waals surface area contributed by atoms with Crippen molar-refractivity contribution in [2.75, 3.05) is 33.8 Å². The van der Waals surface area contributed by atoms with Crippen LogP contribution in [0.1, 0.15) is 16.8 Å². The summed E-state index contributed by atoms with van der Waals surface area (Å²) in [7, 11) is 2.84. The number of hydrogen-bond acceptors (Lipinski definition) is 3. The molecule has 0 radical (unpaired) electrons. The number of methoxy groups -OCH3 is 1. The molecule has 1 N–H and O–H groups in total. The first-order valence-corrected chi connectivity index (χ1v) is 8.63. The van der Waals surface area contributed by atoms with Crippen molar-refractivity contribution in [1.82, 2.24) is 14.8 Å². The van der Waals surface area contributed by atoms with Gasteiger partial charge in [0.25, 0.3) is 5.91 Å². The largest absolute Gasteiger partial charge is 0.496 e. The first kappa shape index (κ1) is 21.1. The van der Waals surface area contributed by atoms with E-state index < -0.39 is 18.6 Å². The Labute approximate surface area is 160 Å². The first-order valence-electron chi connectivity index (χ1n) is 8.25. The third-order valence-corrected chi connectivity index (χ3v) is 4.15. The molecule has 0 saturated heterocycles. The molecular formula is C18H21ClF3N3O2. The molecule has 2 aromatic rings. The summed E-state index contributed by atoms with van der Waals surface area (Å²) in [5, 5.41) is 3.06. The van der Waals surface area contributed by atoms with E-state index in [2.05, 4.69) is 5.32 Å². The molecule has 9 heteroatoms. The maximum Gasteiger partial charge on any atom is 0.401 e. The third-order valence-electron chi connectivity index (χ3n) is 3.85. The van der Waals surface area contributed by atoms with E-state index in [-0.39, 0.29) is 18.7 Å². The van der Waals surface area contributed by atoms with Crippen LogP contribution in [0.25, 0.3) is 5.69 Å². The summed E-state index contributed by atoms with van der Waals surface area (Å²) in [5.41, 5.74) is 0.936. The average Bonchev–Trinajstić information content (AvgIpc) is 3.11. The number of benzene rings is 1. The molecule has 1 aromatic heterocycles. The van der Waals surface area contributed by atoms with Gasteiger partial charge in [-0.1, -0.05) is 11.6 Å². The van der Waals surface area contributed by atoms with Crippen LogP contribution in [0.2, 0.25) is 5.02 Å². The van der Waals surface area contributed by atoms with Gasteiger partial charge in [-0.15, -0.1) is 0 Å². The highest BCUT2D eigenvalue weighted by Crippen LogP contribution is 2.30. The van der Waals surface area contributed by atoms with Crippen LogP contribution in [0.4, 0.5) is 13.2 Å². The van der Waals surface area contributed by atoms with E-state index in [1.807, 2.05) is 24.5 Å². The summed E-state index contributed by atoms with van der Waals surface area (Å²) >= 11 is 6.29. The summed E-state index contributed by atoms with van der Waals surface area (Å²) in [4.78, 5) is 13.6. The van der Waals surface area contributed by atoms with E-state index in [1.54, 1.807) is 10.6 Å². The zero-order valence-corrected chi connectivity index (χ0v) is 15.8. The van der Waals surface area contributed by atoms with Crippen LogP contribution in [-0.4, -0.2) is 55.3 Å². The van der Waals surface area contributed by atoms with Gasteiger partial charge >= 0.3 is 6.18 Å². The standard InChI is InChI=1S/C18H21ClF3N3O2/c1-24(12-18(20,21)22)7-5-6-23-17(26)13-10-14(19)15(11-16(13)27-2)25-8-3-4-9-25/h3-4,8-11H,5-7,12H2,1-2H3,(H,23,26). The van der Waals surface area contributed by atoms with E-state index in [1.165, 1.54) is 20.2 Å². The molecule has 5 nitrogen and oxygen atoms in total. The van der Waals surface area contributed by atoms with E-state index in [0.717, 1.165) is 4.90 Å². The van der Waals surface area contributed by atoms with Crippen molar-refractivity contribution in [3.63, 3.8) is 0 Å². The van der Waals surface area contributed by atoms with Crippen molar-refractivity contribution in [3.05, 3.63) is 47.2 Å². The average molecular weight is 404 g/mol. The quantitative estimate of drug-likeness (QED) is 0.683. The molecule has 1 aromatic carbocycles. The van der Waals surface area contributed by atoms with Crippen LogP contribution in [0, 0.1) is 0 Å². The molecule has 0 aliphatic heterocycles. The predicted octanol–water partition coefficient (Wildman–Crippen LogP) is 3.75. The minimum absolute atomic E-state index is 0.213. The van der Waals surface area contributed by atoms with Gasteiger partial charge in [0.05, 0.1) is 29.9 Å². The van der Waals surface area contributed by atoms with E-state index in [0.29, 0.717) is 22.9 Å². The van der Waals surface area contributed by atoms with Gasteiger partial charge in [0, 0.05) is 25.0 Å². The SMILES string of the molecule is COc1cc(-n2cccc2)c(Cl)cc1C(=O)NCCCN(C)CC(F)(F)F. The number of carbonyl (C=O) groups is 1. The number of hydrogen-bond donors (Lipinski definition) is 1. The van der Waals surface area contributed by atoms with Crippen molar-refractivity contribution < 1.29 is 22.7 Å². The normalized spacial score (nSPS) is 11.7. The lowest BCUT2D eigenvalue weighted by Gasteiger charge is -2.18. The van der Waals surface area contributed by atoms with Gasteiger partial charge < -0.3 is 14.6 Å². The van der Waals surface area contributed by atoms with Crippen LogP contribution in [0.15, 0.2) is 36.7 Å². The maximum absolute atomic E-state index is 12.4. The number of nitrogens with zero attached hydrogens (tertiary/aromatic N) is 2. The molecular weight excluding hydrogens is 383 g/mol. The van der Waals surface area contributed by atoms with E-state index in [4.69, 9.17) is 16.3 Å². The molecule has 0 aliphatic carbocycles. The zero-order chi connectivity index (χ0) is 20.0. The van der Waals surface area contributed by atoms with Gasteiger partial charge in [-0.05, 0) is 38.2 Å².